The maximum atomic E-state index is 12.9. The van der Waals surface area contributed by atoms with Gasteiger partial charge in [0, 0.05) is 11.0 Å². The highest BCUT2D eigenvalue weighted by Gasteiger charge is 2.18. The normalized spacial score (nSPS) is 11.9. The molecule has 0 bridgehead atoms. The Bertz CT molecular complexity index is 938. The molecule has 0 aliphatic heterocycles. The molecule has 3 aromatic rings. The largest absolute Gasteiger partial charge is 0.452 e. The number of carbonyl (C=O) groups is 2. The molecule has 1 aromatic heterocycles. The first-order valence-electron chi connectivity index (χ1n) is 8.60. The second-order valence-corrected chi connectivity index (χ2v) is 6.90. The number of carbonyl (C=O) groups excluding carboxylic acids is 2. The predicted molar refractivity (Wildman–Crippen MR) is 107 cm³/mol. The van der Waals surface area contributed by atoms with Gasteiger partial charge in [-0.3, -0.25) is 4.79 Å². The molecule has 3 rings (SSSR count). The van der Waals surface area contributed by atoms with E-state index in [9.17, 15) is 14.0 Å². The maximum Gasteiger partial charge on any atom is 0.331 e. The van der Waals surface area contributed by atoms with Crippen LogP contribution in [0.15, 0.2) is 78.2 Å². The maximum absolute atomic E-state index is 12.9. The second kappa shape index (κ2) is 9.62. The molecule has 0 fully saturated rings. The molecule has 1 atom stereocenters. The third-order valence-corrected chi connectivity index (χ3v) is 4.83. The number of amides is 1. The van der Waals surface area contributed by atoms with Gasteiger partial charge >= 0.3 is 5.97 Å². The molecule has 0 radical (unpaired) electrons. The number of thiophene rings is 1. The molecule has 28 heavy (non-hydrogen) atoms. The fourth-order valence-electron chi connectivity index (χ4n) is 2.55. The van der Waals surface area contributed by atoms with Crippen LogP contribution in [0.4, 0.5) is 4.39 Å². The lowest BCUT2D eigenvalue weighted by Gasteiger charge is -2.18. The Labute approximate surface area is 166 Å². The van der Waals surface area contributed by atoms with Gasteiger partial charge in [-0.15, -0.1) is 11.3 Å². The van der Waals surface area contributed by atoms with E-state index >= 15 is 0 Å². The number of ether oxygens (including phenoxy) is 1. The van der Waals surface area contributed by atoms with Crippen LogP contribution in [0.1, 0.15) is 22.0 Å². The summed E-state index contributed by atoms with van der Waals surface area (Å²) >= 11 is 1.54. The number of esters is 1. The monoisotopic (exact) mass is 395 g/mol. The van der Waals surface area contributed by atoms with Crippen LogP contribution in [0.25, 0.3) is 6.08 Å². The van der Waals surface area contributed by atoms with Gasteiger partial charge in [0.2, 0.25) is 0 Å². The van der Waals surface area contributed by atoms with Crippen LogP contribution in [0.5, 0.6) is 0 Å². The van der Waals surface area contributed by atoms with E-state index in [1.165, 1.54) is 47.8 Å². The average molecular weight is 395 g/mol. The Hall–Kier alpha value is -3.25. The first kappa shape index (κ1) is 19.5. The van der Waals surface area contributed by atoms with Crippen molar-refractivity contribution in [3.8, 4) is 0 Å². The van der Waals surface area contributed by atoms with E-state index in [0.717, 1.165) is 10.4 Å². The summed E-state index contributed by atoms with van der Waals surface area (Å²) < 4.78 is 17.9. The zero-order valence-corrected chi connectivity index (χ0v) is 15.7. The van der Waals surface area contributed by atoms with Crippen LogP contribution < -0.4 is 5.32 Å². The fourth-order valence-corrected chi connectivity index (χ4v) is 3.35. The van der Waals surface area contributed by atoms with Gasteiger partial charge in [0.25, 0.3) is 5.91 Å². The minimum atomic E-state index is -0.646. The highest BCUT2D eigenvalue weighted by atomic mass is 32.1. The number of nitrogens with one attached hydrogen (secondary N) is 1. The molecular weight excluding hydrogens is 377 g/mol. The minimum Gasteiger partial charge on any atom is -0.452 e. The summed E-state index contributed by atoms with van der Waals surface area (Å²) in [5, 5.41) is 4.84. The lowest BCUT2D eigenvalue weighted by atomic mass is 10.1. The van der Waals surface area contributed by atoms with Crippen molar-refractivity contribution in [2.45, 2.75) is 6.04 Å². The van der Waals surface area contributed by atoms with E-state index in [-0.39, 0.29) is 18.5 Å². The Morgan fingerprint density at radius 3 is 2.46 bits per heavy atom. The number of hydrogen-bond donors (Lipinski definition) is 1. The summed E-state index contributed by atoms with van der Waals surface area (Å²) in [5.41, 5.74) is 1.60. The second-order valence-electron chi connectivity index (χ2n) is 5.92. The van der Waals surface area contributed by atoms with E-state index in [1.807, 2.05) is 47.8 Å². The van der Waals surface area contributed by atoms with Crippen molar-refractivity contribution in [1.29, 1.82) is 0 Å². The number of hydrogen-bond acceptors (Lipinski definition) is 4. The van der Waals surface area contributed by atoms with Gasteiger partial charge in [-0.25, -0.2) is 9.18 Å². The zero-order valence-electron chi connectivity index (χ0n) is 14.9. The molecule has 6 heteroatoms. The van der Waals surface area contributed by atoms with Crippen molar-refractivity contribution < 1.29 is 18.7 Å². The number of halogens is 1. The molecule has 142 valence electrons. The fraction of sp³-hybridized carbons (Fsp3) is 0.0909. The number of rotatable bonds is 7. The molecule has 1 N–H and O–H groups in total. The van der Waals surface area contributed by atoms with Gasteiger partial charge in [0.1, 0.15) is 5.82 Å². The molecule has 0 spiro atoms. The zero-order chi connectivity index (χ0) is 19.8. The van der Waals surface area contributed by atoms with Crippen LogP contribution in [-0.2, 0) is 14.3 Å². The molecule has 4 nitrogen and oxygen atoms in total. The third kappa shape index (κ3) is 5.62. The quantitative estimate of drug-likeness (QED) is 0.478. The summed E-state index contributed by atoms with van der Waals surface area (Å²) in [4.78, 5) is 25.1. The van der Waals surface area contributed by atoms with Crippen molar-refractivity contribution in [3.63, 3.8) is 0 Å². The van der Waals surface area contributed by atoms with Crippen molar-refractivity contribution in [3.05, 3.63) is 100 Å². The summed E-state index contributed by atoms with van der Waals surface area (Å²) in [6, 6.07) is 18.8. The van der Waals surface area contributed by atoms with Crippen LogP contribution in [-0.4, -0.2) is 18.5 Å². The van der Waals surface area contributed by atoms with Gasteiger partial charge in [-0.05, 0) is 40.8 Å². The smallest absolute Gasteiger partial charge is 0.331 e. The first-order chi connectivity index (χ1) is 13.6. The van der Waals surface area contributed by atoms with Crippen molar-refractivity contribution in [1.82, 2.24) is 5.32 Å². The van der Waals surface area contributed by atoms with E-state index in [1.54, 1.807) is 0 Å². The van der Waals surface area contributed by atoms with Crippen LogP contribution in [0.2, 0.25) is 0 Å². The lowest BCUT2D eigenvalue weighted by Crippen LogP contribution is -2.32. The molecule has 2 aromatic carbocycles. The molecule has 0 saturated heterocycles. The third-order valence-electron chi connectivity index (χ3n) is 3.89. The summed E-state index contributed by atoms with van der Waals surface area (Å²) in [5.74, 6) is -1.40. The van der Waals surface area contributed by atoms with Crippen LogP contribution >= 0.6 is 11.3 Å². The minimum absolute atomic E-state index is 0.304. The van der Waals surface area contributed by atoms with Gasteiger partial charge in [-0.1, -0.05) is 48.5 Å². The van der Waals surface area contributed by atoms with Gasteiger partial charge in [-0.2, -0.15) is 0 Å². The highest BCUT2D eigenvalue weighted by molar-refractivity contribution is 7.10. The molecule has 1 amide bonds. The molecule has 0 saturated carbocycles. The topological polar surface area (TPSA) is 55.4 Å². The van der Waals surface area contributed by atoms with E-state index in [0.29, 0.717) is 5.56 Å². The molecule has 1 heterocycles. The van der Waals surface area contributed by atoms with Gasteiger partial charge < -0.3 is 10.1 Å². The SMILES string of the molecule is O=C(COC(=O)/C=C/c1ccc(F)cc1)N[C@H](c1ccccc1)c1cccs1. The van der Waals surface area contributed by atoms with E-state index in [2.05, 4.69) is 5.32 Å². The Morgan fingerprint density at radius 1 is 1.04 bits per heavy atom. The molecular formula is C22H18FNO3S. The molecule has 0 aliphatic rings. The lowest BCUT2D eigenvalue weighted by molar-refractivity contribution is -0.143. The summed E-state index contributed by atoms with van der Waals surface area (Å²) in [6.07, 6.45) is 2.70. The standard InChI is InChI=1S/C22H18FNO3S/c23-18-11-8-16(9-12-18)10-13-21(26)27-15-20(25)24-22(19-7-4-14-28-19)17-5-2-1-3-6-17/h1-14,22H,15H2,(H,24,25)/b13-10+/t22-/m1/s1. The molecule has 0 aliphatic carbocycles. The van der Waals surface area contributed by atoms with Crippen molar-refractivity contribution in [2.24, 2.45) is 0 Å². The van der Waals surface area contributed by atoms with E-state index in [4.69, 9.17) is 4.74 Å². The highest BCUT2D eigenvalue weighted by Crippen LogP contribution is 2.25. The summed E-state index contributed by atoms with van der Waals surface area (Å²) in [7, 11) is 0. The average Bonchev–Trinajstić information content (AvgIpc) is 3.25. The Kier molecular flexibility index (Phi) is 6.70. The Morgan fingerprint density at radius 2 is 1.79 bits per heavy atom. The first-order valence-corrected chi connectivity index (χ1v) is 9.48. The van der Waals surface area contributed by atoms with Gasteiger partial charge in [0.05, 0.1) is 6.04 Å². The molecule has 0 unspecified atom stereocenters. The van der Waals surface area contributed by atoms with Gasteiger partial charge in [0.15, 0.2) is 6.61 Å². The van der Waals surface area contributed by atoms with Crippen LogP contribution in [0, 0.1) is 5.82 Å². The van der Waals surface area contributed by atoms with Crippen LogP contribution in [0.3, 0.4) is 0 Å². The number of benzene rings is 2. The van der Waals surface area contributed by atoms with E-state index < -0.39 is 11.9 Å². The predicted octanol–water partition coefficient (Wildman–Crippen LogP) is 4.35. The summed E-state index contributed by atoms with van der Waals surface area (Å²) in [6.45, 7) is -0.388. The van der Waals surface area contributed by atoms with Crippen molar-refractivity contribution >= 4 is 29.3 Å². The van der Waals surface area contributed by atoms with Crippen molar-refractivity contribution in [2.75, 3.05) is 6.61 Å². The Balaban J connectivity index is 1.56.